The maximum Gasteiger partial charge on any atom is 0.283 e. The highest BCUT2D eigenvalue weighted by Crippen LogP contribution is 2.39. The van der Waals surface area contributed by atoms with Crippen LogP contribution in [-0.2, 0) is 0 Å². The molecule has 0 saturated heterocycles. The quantitative estimate of drug-likeness (QED) is 0.472. The number of carbonyl (C=O) groups is 2. The number of nitro groups is 2. The average molecular weight is 343 g/mol. The van der Waals surface area contributed by atoms with E-state index in [2.05, 4.69) is 0 Å². The van der Waals surface area contributed by atoms with Crippen molar-refractivity contribution in [2.75, 3.05) is 12.0 Å². The molecule has 25 heavy (non-hydrogen) atoms. The molecule has 10 heteroatoms. The van der Waals surface area contributed by atoms with E-state index in [-0.39, 0.29) is 28.3 Å². The van der Waals surface area contributed by atoms with E-state index >= 15 is 0 Å². The molecule has 2 amide bonds. The van der Waals surface area contributed by atoms with Crippen LogP contribution in [0.25, 0.3) is 0 Å². The number of nitrogens with zero attached hydrogens (tertiary/aromatic N) is 3. The van der Waals surface area contributed by atoms with E-state index in [1.165, 1.54) is 25.3 Å². The van der Waals surface area contributed by atoms with Crippen LogP contribution in [0.5, 0.6) is 5.75 Å². The first-order valence-electron chi connectivity index (χ1n) is 6.85. The summed E-state index contributed by atoms with van der Waals surface area (Å²) in [4.78, 5) is 46.5. The number of ether oxygens (including phenoxy) is 1. The topological polar surface area (TPSA) is 133 Å². The van der Waals surface area contributed by atoms with Crippen molar-refractivity contribution in [3.63, 3.8) is 0 Å². The minimum atomic E-state index is -0.939. The van der Waals surface area contributed by atoms with E-state index in [9.17, 15) is 29.8 Å². The van der Waals surface area contributed by atoms with Crippen molar-refractivity contribution in [3.8, 4) is 5.75 Å². The number of anilines is 1. The third-order valence-electron chi connectivity index (χ3n) is 3.70. The van der Waals surface area contributed by atoms with E-state index in [1.807, 2.05) is 0 Å². The van der Waals surface area contributed by atoms with Crippen molar-refractivity contribution in [2.45, 2.75) is 0 Å². The molecule has 0 N–H and O–H groups in total. The zero-order valence-corrected chi connectivity index (χ0v) is 12.7. The number of amides is 2. The fraction of sp³-hybridized carbons (Fsp3) is 0.0667. The first kappa shape index (κ1) is 16.1. The Morgan fingerprint density at radius 1 is 1.00 bits per heavy atom. The highest BCUT2D eigenvalue weighted by atomic mass is 16.6. The van der Waals surface area contributed by atoms with Gasteiger partial charge in [-0.1, -0.05) is 6.07 Å². The van der Waals surface area contributed by atoms with E-state index in [0.29, 0.717) is 4.90 Å². The summed E-state index contributed by atoms with van der Waals surface area (Å²) in [6.45, 7) is 0. The van der Waals surface area contributed by atoms with Gasteiger partial charge in [0.2, 0.25) is 0 Å². The van der Waals surface area contributed by atoms with Gasteiger partial charge in [0.1, 0.15) is 17.0 Å². The van der Waals surface area contributed by atoms with Gasteiger partial charge < -0.3 is 4.74 Å². The molecular formula is C15H9N3O7. The number of imide groups is 1. The molecule has 1 aliphatic rings. The average Bonchev–Trinajstić information content (AvgIpc) is 2.85. The smallest absolute Gasteiger partial charge is 0.283 e. The molecular weight excluding hydrogens is 334 g/mol. The second-order valence-corrected chi connectivity index (χ2v) is 5.02. The molecule has 0 unspecified atom stereocenters. The van der Waals surface area contributed by atoms with Crippen molar-refractivity contribution in [1.29, 1.82) is 0 Å². The number of non-ortho nitro benzene ring substituents is 1. The van der Waals surface area contributed by atoms with E-state index in [1.54, 1.807) is 0 Å². The van der Waals surface area contributed by atoms with Crippen LogP contribution < -0.4 is 9.64 Å². The normalized spacial score (nSPS) is 12.9. The van der Waals surface area contributed by atoms with Crippen molar-refractivity contribution in [2.24, 2.45) is 0 Å². The molecule has 0 spiro atoms. The van der Waals surface area contributed by atoms with Gasteiger partial charge in [0.25, 0.3) is 23.2 Å². The molecule has 0 aromatic heterocycles. The van der Waals surface area contributed by atoms with Crippen molar-refractivity contribution in [3.05, 3.63) is 67.8 Å². The number of hydrogen-bond donors (Lipinski definition) is 0. The lowest BCUT2D eigenvalue weighted by Gasteiger charge is -2.16. The zero-order chi connectivity index (χ0) is 18.3. The number of hydrogen-bond acceptors (Lipinski definition) is 7. The number of rotatable bonds is 4. The maximum absolute atomic E-state index is 12.7. The molecule has 0 aliphatic carbocycles. The highest BCUT2D eigenvalue weighted by molar-refractivity contribution is 6.36. The van der Waals surface area contributed by atoms with Crippen LogP contribution in [0.1, 0.15) is 20.7 Å². The minimum Gasteiger partial charge on any atom is -0.495 e. The summed E-state index contributed by atoms with van der Waals surface area (Å²) in [5.41, 5.74) is -1.53. The van der Waals surface area contributed by atoms with Crippen molar-refractivity contribution >= 4 is 28.9 Å². The van der Waals surface area contributed by atoms with Gasteiger partial charge >= 0.3 is 0 Å². The Morgan fingerprint density at radius 3 is 2.32 bits per heavy atom. The monoisotopic (exact) mass is 343 g/mol. The molecule has 1 aliphatic heterocycles. The fourth-order valence-corrected chi connectivity index (χ4v) is 2.61. The van der Waals surface area contributed by atoms with E-state index in [0.717, 1.165) is 18.2 Å². The summed E-state index contributed by atoms with van der Waals surface area (Å²) < 4.78 is 5.06. The number of methoxy groups -OCH3 is 1. The molecule has 2 aromatic carbocycles. The van der Waals surface area contributed by atoms with Crippen LogP contribution in [0.4, 0.5) is 17.1 Å². The van der Waals surface area contributed by atoms with Crippen LogP contribution in [0.3, 0.4) is 0 Å². The number of carbonyl (C=O) groups excluding carboxylic acids is 2. The summed E-state index contributed by atoms with van der Waals surface area (Å²) in [6.07, 6.45) is 0. The lowest BCUT2D eigenvalue weighted by molar-refractivity contribution is -0.385. The highest BCUT2D eigenvalue weighted by Gasteiger charge is 2.43. The van der Waals surface area contributed by atoms with Gasteiger partial charge in [0, 0.05) is 18.2 Å². The zero-order valence-electron chi connectivity index (χ0n) is 12.7. The van der Waals surface area contributed by atoms with Crippen LogP contribution in [0.2, 0.25) is 0 Å². The van der Waals surface area contributed by atoms with Crippen LogP contribution in [0.15, 0.2) is 36.4 Å². The molecule has 10 nitrogen and oxygen atoms in total. The molecule has 0 saturated carbocycles. The van der Waals surface area contributed by atoms with Crippen molar-refractivity contribution < 1.29 is 24.2 Å². The third-order valence-corrected chi connectivity index (χ3v) is 3.70. The molecule has 126 valence electrons. The summed E-state index contributed by atoms with van der Waals surface area (Å²) in [6, 6.07) is 7.08. The lowest BCUT2D eigenvalue weighted by Crippen LogP contribution is -2.30. The van der Waals surface area contributed by atoms with Gasteiger partial charge in [-0.3, -0.25) is 29.8 Å². The Labute approximate surface area is 139 Å². The third kappa shape index (κ3) is 2.36. The van der Waals surface area contributed by atoms with E-state index in [4.69, 9.17) is 4.74 Å². The molecule has 0 fully saturated rings. The number of fused-ring (bicyclic) bond motifs is 1. The lowest BCUT2D eigenvalue weighted by atomic mass is 10.1. The van der Waals surface area contributed by atoms with Crippen molar-refractivity contribution in [1.82, 2.24) is 0 Å². The van der Waals surface area contributed by atoms with Gasteiger partial charge in [0.05, 0.1) is 22.5 Å². The predicted octanol–water partition coefficient (Wildman–Crippen LogP) is 2.31. The Kier molecular flexibility index (Phi) is 3.64. The molecule has 0 atom stereocenters. The fourth-order valence-electron chi connectivity index (χ4n) is 2.61. The molecule has 0 radical (unpaired) electrons. The summed E-state index contributed by atoms with van der Waals surface area (Å²) >= 11 is 0. The molecule has 0 bridgehead atoms. The Balaban J connectivity index is 2.21. The van der Waals surface area contributed by atoms with E-state index < -0.39 is 27.3 Å². The first-order chi connectivity index (χ1) is 11.9. The second-order valence-electron chi connectivity index (χ2n) is 5.02. The first-order valence-corrected chi connectivity index (χ1v) is 6.85. The minimum absolute atomic E-state index is 0.0442. The van der Waals surface area contributed by atoms with Gasteiger partial charge in [-0.25, -0.2) is 4.90 Å². The molecule has 3 rings (SSSR count). The molecule has 1 heterocycles. The van der Waals surface area contributed by atoms with Crippen LogP contribution >= 0.6 is 0 Å². The standard InChI is InChI=1S/C15H9N3O7/c1-25-12-6-5-8(17(21)22)7-11(12)16-14(19)9-3-2-4-10(18(23)24)13(9)15(16)20/h2-7H,1H3. The van der Waals surface area contributed by atoms with Gasteiger partial charge in [-0.15, -0.1) is 0 Å². The Morgan fingerprint density at radius 2 is 1.72 bits per heavy atom. The maximum atomic E-state index is 12.7. The summed E-state index contributed by atoms with van der Waals surface area (Å²) in [5.74, 6) is -1.71. The van der Waals surface area contributed by atoms with Crippen LogP contribution in [-0.4, -0.2) is 28.8 Å². The molecule has 2 aromatic rings. The van der Waals surface area contributed by atoms with Gasteiger partial charge in [-0.2, -0.15) is 0 Å². The number of nitro benzene ring substituents is 2. The summed E-state index contributed by atoms with van der Waals surface area (Å²) in [7, 11) is 1.27. The van der Waals surface area contributed by atoms with Crippen LogP contribution in [0, 0.1) is 20.2 Å². The SMILES string of the molecule is COc1ccc([N+](=O)[O-])cc1N1C(=O)c2cccc([N+](=O)[O-])c2C1=O. The predicted molar refractivity (Wildman–Crippen MR) is 83.9 cm³/mol. The largest absolute Gasteiger partial charge is 0.495 e. The second kappa shape index (κ2) is 5.67. The Hall–Kier alpha value is -3.82. The number of benzene rings is 2. The summed E-state index contributed by atoms with van der Waals surface area (Å²) in [5, 5.41) is 22.1. The van der Waals surface area contributed by atoms with Gasteiger partial charge in [-0.05, 0) is 12.1 Å². The Bertz CT molecular complexity index is 954. The van der Waals surface area contributed by atoms with Gasteiger partial charge in [0.15, 0.2) is 0 Å².